The normalized spacial score (nSPS) is 9.83. The Kier molecular flexibility index (Phi) is 2.65. The number of carboxylic acids is 1. The number of rotatable bonds is 2. The van der Waals surface area contributed by atoms with Crippen LogP contribution in [-0.4, -0.2) is 11.1 Å². The summed E-state index contributed by atoms with van der Waals surface area (Å²) >= 11 is 5.44. The molecule has 1 aromatic rings. The Hall–Kier alpha value is -1.09. The van der Waals surface area contributed by atoms with Gasteiger partial charge in [0.05, 0.1) is 5.56 Å². The van der Waals surface area contributed by atoms with Crippen molar-refractivity contribution in [1.82, 2.24) is 0 Å². The van der Waals surface area contributed by atoms with Gasteiger partial charge in [0.2, 0.25) is 0 Å². The van der Waals surface area contributed by atoms with Gasteiger partial charge < -0.3 is 5.11 Å². The molecule has 0 fully saturated rings. The summed E-state index contributed by atoms with van der Waals surface area (Å²) in [6.45, 7) is 0. The largest absolute Gasteiger partial charge is 0.478 e. The summed E-state index contributed by atoms with van der Waals surface area (Å²) in [5.74, 6) is -1.84. The van der Waals surface area contributed by atoms with E-state index < -0.39 is 11.8 Å². The average Bonchev–Trinajstić information content (AvgIpc) is 2.05. The second-order valence-electron chi connectivity index (χ2n) is 2.25. The molecule has 0 spiro atoms. The monoisotopic (exact) mass is 188 g/mol. The van der Waals surface area contributed by atoms with Crippen LogP contribution in [0, 0.1) is 5.82 Å². The summed E-state index contributed by atoms with van der Waals surface area (Å²) in [6.07, 6.45) is 0. The van der Waals surface area contributed by atoms with E-state index in [1.54, 1.807) is 0 Å². The molecule has 0 aromatic heterocycles. The molecule has 0 unspecified atom stereocenters. The van der Waals surface area contributed by atoms with E-state index in [2.05, 4.69) is 0 Å². The van der Waals surface area contributed by atoms with Gasteiger partial charge >= 0.3 is 5.97 Å². The first kappa shape index (κ1) is 9.00. The van der Waals surface area contributed by atoms with Gasteiger partial charge in [-0.05, 0) is 17.7 Å². The first-order valence-electron chi connectivity index (χ1n) is 3.23. The van der Waals surface area contributed by atoms with Crippen LogP contribution in [0.4, 0.5) is 4.39 Å². The first-order valence-corrected chi connectivity index (χ1v) is 3.76. The van der Waals surface area contributed by atoms with E-state index in [9.17, 15) is 9.18 Å². The van der Waals surface area contributed by atoms with Crippen molar-refractivity contribution in [1.29, 1.82) is 0 Å². The van der Waals surface area contributed by atoms with Gasteiger partial charge in [-0.3, -0.25) is 0 Å². The van der Waals surface area contributed by atoms with Crippen molar-refractivity contribution in [2.24, 2.45) is 0 Å². The van der Waals surface area contributed by atoms with E-state index in [0.717, 1.165) is 6.07 Å². The predicted molar refractivity (Wildman–Crippen MR) is 42.9 cm³/mol. The number of carbonyl (C=O) groups is 1. The fraction of sp³-hybridized carbons (Fsp3) is 0.125. The van der Waals surface area contributed by atoms with Crippen LogP contribution in [0.1, 0.15) is 15.9 Å². The van der Waals surface area contributed by atoms with Gasteiger partial charge in [0, 0.05) is 5.88 Å². The van der Waals surface area contributed by atoms with Crippen LogP contribution in [0.3, 0.4) is 0 Å². The van der Waals surface area contributed by atoms with Crippen molar-refractivity contribution >= 4 is 17.6 Å². The highest BCUT2D eigenvalue weighted by atomic mass is 35.5. The van der Waals surface area contributed by atoms with Crippen LogP contribution < -0.4 is 0 Å². The fourth-order valence-corrected chi connectivity index (χ4v) is 0.986. The number of aromatic carboxylic acids is 1. The van der Waals surface area contributed by atoms with Gasteiger partial charge in [0.15, 0.2) is 0 Å². The van der Waals surface area contributed by atoms with Gasteiger partial charge in [-0.15, -0.1) is 11.6 Å². The molecule has 0 saturated carbocycles. The molecule has 0 aliphatic heterocycles. The molecule has 64 valence electrons. The Labute approximate surface area is 73.6 Å². The molecular weight excluding hydrogens is 183 g/mol. The summed E-state index contributed by atoms with van der Waals surface area (Å²) in [5.41, 5.74) is 0.253. The molecule has 1 rings (SSSR count). The van der Waals surface area contributed by atoms with Crippen LogP contribution in [0.2, 0.25) is 0 Å². The van der Waals surface area contributed by atoms with Crippen molar-refractivity contribution < 1.29 is 14.3 Å². The number of carboxylic acid groups (broad SMARTS) is 1. The Bertz CT molecular complexity index is 312. The van der Waals surface area contributed by atoms with Crippen molar-refractivity contribution in [3.8, 4) is 0 Å². The molecule has 0 radical (unpaired) electrons. The van der Waals surface area contributed by atoms with Crippen LogP contribution in [0.15, 0.2) is 18.2 Å². The zero-order valence-corrected chi connectivity index (χ0v) is 6.81. The van der Waals surface area contributed by atoms with Crippen LogP contribution >= 0.6 is 11.6 Å². The van der Waals surface area contributed by atoms with E-state index in [0.29, 0.717) is 5.56 Å². The van der Waals surface area contributed by atoms with Crippen molar-refractivity contribution in [2.75, 3.05) is 0 Å². The smallest absolute Gasteiger partial charge is 0.338 e. The Morgan fingerprint density at radius 1 is 1.58 bits per heavy atom. The van der Waals surface area contributed by atoms with Gasteiger partial charge in [-0.2, -0.15) is 0 Å². The number of alkyl halides is 1. The Balaban J connectivity index is 3.17. The first-order chi connectivity index (χ1) is 5.65. The van der Waals surface area contributed by atoms with Crippen molar-refractivity contribution in [3.63, 3.8) is 0 Å². The lowest BCUT2D eigenvalue weighted by molar-refractivity contribution is 0.0692. The zero-order chi connectivity index (χ0) is 9.14. The van der Waals surface area contributed by atoms with Crippen molar-refractivity contribution in [2.45, 2.75) is 5.88 Å². The third kappa shape index (κ3) is 1.74. The lowest BCUT2D eigenvalue weighted by atomic mass is 10.1. The minimum Gasteiger partial charge on any atom is -0.478 e. The van der Waals surface area contributed by atoms with Gasteiger partial charge in [-0.1, -0.05) is 6.07 Å². The third-order valence-corrected chi connectivity index (χ3v) is 1.72. The molecule has 0 saturated heterocycles. The SMILES string of the molecule is O=C(O)c1cc(CCl)ccc1F. The Morgan fingerprint density at radius 2 is 2.25 bits per heavy atom. The number of halogens is 2. The topological polar surface area (TPSA) is 37.3 Å². The van der Waals surface area contributed by atoms with Crippen LogP contribution in [0.5, 0.6) is 0 Å². The molecule has 0 atom stereocenters. The maximum absolute atomic E-state index is 12.7. The molecule has 1 aromatic carbocycles. The number of benzene rings is 1. The Morgan fingerprint density at radius 3 is 2.75 bits per heavy atom. The molecule has 0 aliphatic rings. The lowest BCUT2D eigenvalue weighted by Crippen LogP contribution is -2.00. The van der Waals surface area contributed by atoms with E-state index in [-0.39, 0.29) is 11.4 Å². The maximum Gasteiger partial charge on any atom is 0.338 e. The van der Waals surface area contributed by atoms with Gasteiger partial charge in [0.25, 0.3) is 0 Å². The second kappa shape index (κ2) is 3.54. The van der Waals surface area contributed by atoms with E-state index in [1.807, 2.05) is 0 Å². The molecule has 0 bridgehead atoms. The van der Waals surface area contributed by atoms with Gasteiger partial charge in [0.1, 0.15) is 5.82 Å². The second-order valence-corrected chi connectivity index (χ2v) is 2.52. The van der Waals surface area contributed by atoms with E-state index in [4.69, 9.17) is 16.7 Å². The predicted octanol–water partition coefficient (Wildman–Crippen LogP) is 2.26. The standard InChI is InChI=1S/C8H6ClFO2/c9-4-5-1-2-7(10)6(3-5)8(11)12/h1-3H,4H2,(H,11,12). The third-order valence-electron chi connectivity index (χ3n) is 1.42. The zero-order valence-electron chi connectivity index (χ0n) is 6.05. The molecule has 12 heavy (non-hydrogen) atoms. The molecule has 0 aliphatic carbocycles. The van der Waals surface area contributed by atoms with E-state index in [1.165, 1.54) is 12.1 Å². The molecule has 4 heteroatoms. The minimum atomic E-state index is -1.28. The fourth-order valence-electron chi connectivity index (χ4n) is 0.819. The number of hydrogen-bond donors (Lipinski definition) is 1. The maximum atomic E-state index is 12.7. The van der Waals surface area contributed by atoms with Gasteiger partial charge in [-0.25, -0.2) is 9.18 Å². The van der Waals surface area contributed by atoms with Crippen molar-refractivity contribution in [3.05, 3.63) is 35.1 Å². The average molecular weight is 189 g/mol. The summed E-state index contributed by atoms with van der Waals surface area (Å²) in [4.78, 5) is 10.4. The minimum absolute atomic E-state index is 0.181. The summed E-state index contributed by atoms with van der Waals surface area (Å²) < 4.78 is 12.7. The summed E-state index contributed by atoms with van der Waals surface area (Å²) in [5, 5.41) is 8.50. The van der Waals surface area contributed by atoms with Crippen LogP contribution in [0.25, 0.3) is 0 Å². The molecule has 0 amide bonds. The molecule has 1 N–H and O–H groups in total. The lowest BCUT2D eigenvalue weighted by Gasteiger charge is -1.99. The van der Waals surface area contributed by atoms with E-state index >= 15 is 0 Å². The number of hydrogen-bond acceptors (Lipinski definition) is 1. The molecule has 0 heterocycles. The highest BCUT2D eigenvalue weighted by Crippen LogP contribution is 2.12. The summed E-state index contributed by atoms with van der Waals surface area (Å²) in [7, 11) is 0. The summed E-state index contributed by atoms with van der Waals surface area (Å²) in [6, 6.07) is 3.78. The highest BCUT2D eigenvalue weighted by molar-refractivity contribution is 6.17. The molecular formula is C8H6ClFO2. The quantitative estimate of drug-likeness (QED) is 0.723. The molecule has 2 nitrogen and oxygen atoms in total. The highest BCUT2D eigenvalue weighted by Gasteiger charge is 2.09. The van der Waals surface area contributed by atoms with Crippen LogP contribution in [-0.2, 0) is 5.88 Å².